The predicted molar refractivity (Wildman–Crippen MR) is 179 cm³/mol. The molecule has 266 valence electrons. The number of ether oxygens (including phenoxy) is 2. The zero-order chi connectivity index (χ0) is 35.8. The number of aliphatic hydroxyl groups excluding tert-OH is 5. The van der Waals surface area contributed by atoms with Gasteiger partial charge in [-0.05, 0) is 36.9 Å². The van der Waals surface area contributed by atoms with Crippen LogP contribution in [0.15, 0.2) is 61.2 Å². The van der Waals surface area contributed by atoms with Crippen molar-refractivity contribution < 1.29 is 54.2 Å². The lowest BCUT2D eigenvalue weighted by Crippen LogP contribution is -2.60. The number of aliphatic hydroxyl groups is 5. The summed E-state index contributed by atoms with van der Waals surface area (Å²) in [6.45, 7) is 9.26. The van der Waals surface area contributed by atoms with Gasteiger partial charge in [0.25, 0.3) is 11.8 Å². The quantitative estimate of drug-likeness (QED) is 0.124. The van der Waals surface area contributed by atoms with Crippen LogP contribution in [0.1, 0.15) is 24.5 Å². The molecule has 49 heavy (non-hydrogen) atoms. The largest absolute Gasteiger partial charge is 0.432 e. The molecule has 0 aliphatic carbocycles. The van der Waals surface area contributed by atoms with Gasteiger partial charge in [0.15, 0.2) is 26.3 Å². The SMILES string of the molecule is C=CCN1C(=O)[C@@]2(O[C@@H](CC(=O)N(CCO)Cc3ccccc3)[C@H]([Si](C)(C)O)[C@H]2C)c2cc(NC(=O)[C@H]3O[C@@H](O)[C@H](O)[C@@H](O)[C@@H]3O)ccc21. The van der Waals surface area contributed by atoms with Gasteiger partial charge in [-0.25, -0.2) is 0 Å². The Labute approximate surface area is 285 Å². The molecule has 9 atom stereocenters. The molecule has 2 aromatic carbocycles. The lowest BCUT2D eigenvalue weighted by atomic mass is 9.82. The van der Waals surface area contributed by atoms with Crippen molar-refractivity contribution in [3.8, 4) is 0 Å². The molecule has 14 nitrogen and oxygen atoms in total. The van der Waals surface area contributed by atoms with Crippen molar-refractivity contribution in [1.29, 1.82) is 0 Å². The number of anilines is 2. The van der Waals surface area contributed by atoms with Gasteiger partial charge in [0, 0.05) is 42.3 Å². The Balaban J connectivity index is 1.49. The Hall–Kier alpha value is -3.51. The van der Waals surface area contributed by atoms with Gasteiger partial charge in [-0.2, -0.15) is 0 Å². The van der Waals surface area contributed by atoms with E-state index in [9.17, 15) is 44.7 Å². The first-order valence-electron chi connectivity index (χ1n) is 16.2. The molecule has 15 heteroatoms. The summed E-state index contributed by atoms with van der Waals surface area (Å²) >= 11 is 0. The van der Waals surface area contributed by atoms with Gasteiger partial charge in [0.2, 0.25) is 5.91 Å². The molecule has 2 fully saturated rings. The van der Waals surface area contributed by atoms with Crippen molar-refractivity contribution in [3.63, 3.8) is 0 Å². The topological polar surface area (TPSA) is 210 Å². The second-order valence-corrected chi connectivity index (χ2v) is 17.4. The van der Waals surface area contributed by atoms with Crippen molar-refractivity contribution in [2.75, 3.05) is 29.9 Å². The van der Waals surface area contributed by atoms with Crippen LogP contribution in [0.4, 0.5) is 11.4 Å². The number of amides is 3. The summed E-state index contributed by atoms with van der Waals surface area (Å²) in [4.78, 5) is 56.0. The Bertz CT molecular complexity index is 1560. The van der Waals surface area contributed by atoms with E-state index in [0.29, 0.717) is 11.3 Å². The van der Waals surface area contributed by atoms with Crippen molar-refractivity contribution in [3.05, 3.63) is 72.3 Å². The van der Waals surface area contributed by atoms with E-state index < -0.39 is 74.0 Å². The predicted octanol–water partition coefficient (Wildman–Crippen LogP) is 0.167. The van der Waals surface area contributed by atoms with Crippen LogP contribution >= 0.6 is 0 Å². The van der Waals surface area contributed by atoms with E-state index in [-0.39, 0.29) is 44.3 Å². The van der Waals surface area contributed by atoms with Crippen LogP contribution < -0.4 is 10.2 Å². The first kappa shape index (κ1) is 36.8. The smallest absolute Gasteiger partial charge is 0.264 e. The number of carbonyl (C=O) groups excluding carboxylic acids is 3. The van der Waals surface area contributed by atoms with Crippen molar-refractivity contribution >= 4 is 37.4 Å². The van der Waals surface area contributed by atoms with E-state index in [1.807, 2.05) is 30.3 Å². The fourth-order valence-electron chi connectivity index (χ4n) is 7.47. The van der Waals surface area contributed by atoms with Gasteiger partial charge in [0.05, 0.1) is 24.8 Å². The van der Waals surface area contributed by atoms with Crippen molar-refractivity contribution in [2.45, 2.75) is 80.9 Å². The van der Waals surface area contributed by atoms with E-state index in [1.54, 1.807) is 38.2 Å². The Morgan fingerprint density at radius 1 is 1.08 bits per heavy atom. The first-order chi connectivity index (χ1) is 23.1. The van der Waals surface area contributed by atoms with Gasteiger partial charge < -0.3 is 54.9 Å². The third-order valence-corrected chi connectivity index (χ3v) is 12.2. The third-order valence-electron chi connectivity index (χ3n) is 9.72. The van der Waals surface area contributed by atoms with Gasteiger partial charge >= 0.3 is 0 Å². The minimum absolute atomic E-state index is 0.0795. The lowest BCUT2D eigenvalue weighted by Gasteiger charge is -2.37. The zero-order valence-corrected chi connectivity index (χ0v) is 28.7. The fraction of sp³-hybridized carbons (Fsp3) is 0.500. The minimum Gasteiger partial charge on any atom is -0.432 e. The second-order valence-electron chi connectivity index (χ2n) is 13.4. The van der Waals surface area contributed by atoms with E-state index in [1.165, 1.54) is 15.9 Å². The van der Waals surface area contributed by atoms with Crippen molar-refractivity contribution in [2.24, 2.45) is 5.92 Å². The zero-order valence-electron chi connectivity index (χ0n) is 27.7. The molecule has 0 unspecified atom stereocenters. The first-order valence-corrected chi connectivity index (χ1v) is 19.3. The summed E-state index contributed by atoms with van der Waals surface area (Å²) in [5.74, 6) is -2.28. The van der Waals surface area contributed by atoms with Crippen LogP contribution in [0, 0.1) is 5.92 Å². The summed E-state index contributed by atoms with van der Waals surface area (Å²) < 4.78 is 11.8. The Kier molecular flexibility index (Phi) is 10.8. The number of hydrogen-bond donors (Lipinski definition) is 7. The molecular weight excluding hydrogens is 654 g/mol. The molecule has 0 bridgehead atoms. The standard InChI is InChI=1S/C34H45N3O11Si/c1-5-13-37-23-12-11-21(35-31(43)29-27(41)26(40)28(42)32(44)47-29)16-22(23)34(33(37)45)19(2)30(49(3,4)46)24(48-34)17-25(39)36(14-15-38)18-20-9-7-6-8-10-20/h5-12,16,19,24,26-30,32,38,40-42,44,46H,1,13-15,17-18H2,2-4H3,(H,35,43)/t19-,24+,26+,27+,28-,29+,30-,32-,34+/m1/s1. The lowest BCUT2D eigenvalue weighted by molar-refractivity contribution is -0.274. The monoisotopic (exact) mass is 699 g/mol. The molecule has 3 amide bonds. The molecule has 3 aliphatic rings. The number of hydrogen-bond acceptors (Lipinski definition) is 11. The summed E-state index contributed by atoms with van der Waals surface area (Å²) in [5, 5.41) is 52.5. The molecular formula is C34H45N3O11Si. The number of benzene rings is 2. The van der Waals surface area contributed by atoms with E-state index in [4.69, 9.17) is 9.47 Å². The van der Waals surface area contributed by atoms with Gasteiger partial charge in [-0.15, -0.1) is 6.58 Å². The average molecular weight is 700 g/mol. The van der Waals surface area contributed by atoms with E-state index in [0.717, 1.165) is 5.56 Å². The summed E-state index contributed by atoms with van der Waals surface area (Å²) in [7, 11) is -3.14. The molecule has 0 radical (unpaired) electrons. The highest BCUT2D eigenvalue weighted by Crippen LogP contribution is 2.60. The molecule has 1 spiro atoms. The molecule has 5 rings (SSSR count). The summed E-state index contributed by atoms with van der Waals surface area (Å²) in [6, 6.07) is 14.0. The van der Waals surface area contributed by atoms with Gasteiger partial charge in [0.1, 0.15) is 18.3 Å². The highest BCUT2D eigenvalue weighted by Gasteiger charge is 2.66. The molecule has 2 saturated heterocycles. The van der Waals surface area contributed by atoms with Gasteiger partial charge in [-0.1, -0.05) is 43.3 Å². The van der Waals surface area contributed by atoms with Crippen LogP contribution in [0.3, 0.4) is 0 Å². The maximum atomic E-state index is 14.4. The number of fused-ring (bicyclic) bond motifs is 2. The van der Waals surface area contributed by atoms with Crippen LogP contribution in [0.5, 0.6) is 0 Å². The highest BCUT2D eigenvalue weighted by atomic mass is 28.4. The Morgan fingerprint density at radius 3 is 2.41 bits per heavy atom. The number of carbonyl (C=O) groups is 3. The number of nitrogens with one attached hydrogen (secondary N) is 1. The van der Waals surface area contributed by atoms with E-state index >= 15 is 0 Å². The van der Waals surface area contributed by atoms with Crippen LogP contribution in [0.25, 0.3) is 0 Å². The summed E-state index contributed by atoms with van der Waals surface area (Å²) in [5.41, 5.74) is -0.322. The van der Waals surface area contributed by atoms with E-state index in [2.05, 4.69) is 11.9 Å². The minimum atomic E-state index is -3.14. The normalized spacial score (nSPS) is 31.1. The maximum absolute atomic E-state index is 14.4. The Morgan fingerprint density at radius 2 is 1.78 bits per heavy atom. The molecule has 3 heterocycles. The van der Waals surface area contributed by atoms with Crippen LogP contribution in [-0.4, -0.2) is 118 Å². The molecule has 3 aliphatic heterocycles. The number of nitrogens with zero attached hydrogens (tertiary/aromatic N) is 2. The second kappa shape index (κ2) is 14.4. The highest BCUT2D eigenvalue weighted by molar-refractivity contribution is 6.71. The molecule has 2 aromatic rings. The molecule has 7 N–H and O–H groups in total. The fourth-order valence-corrected chi connectivity index (χ4v) is 10.0. The van der Waals surface area contributed by atoms with Crippen LogP contribution in [-0.2, 0) is 36.0 Å². The third kappa shape index (κ3) is 6.82. The summed E-state index contributed by atoms with van der Waals surface area (Å²) in [6.07, 6.45) is -8.62. The number of rotatable bonds is 11. The molecule has 0 aromatic heterocycles. The van der Waals surface area contributed by atoms with Gasteiger partial charge in [-0.3, -0.25) is 14.4 Å². The molecule has 0 saturated carbocycles. The average Bonchev–Trinajstić information content (AvgIpc) is 3.48. The van der Waals surface area contributed by atoms with Crippen molar-refractivity contribution in [1.82, 2.24) is 4.90 Å². The maximum Gasteiger partial charge on any atom is 0.264 e. The van der Waals surface area contributed by atoms with Crippen LogP contribution in [0.2, 0.25) is 18.6 Å².